The molecule has 1 saturated carbocycles. The van der Waals surface area contributed by atoms with Crippen LogP contribution >= 0.6 is 0 Å². The third-order valence-corrected chi connectivity index (χ3v) is 5.78. The number of rotatable bonds is 7. The maximum Gasteiger partial charge on any atom is 0.108 e. The molecule has 1 aromatic carbocycles. The molecule has 4 rings (SSSR count). The van der Waals surface area contributed by atoms with Gasteiger partial charge in [0.05, 0.1) is 25.5 Å². The quantitative estimate of drug-likeness (QED) is 0.758. The topological polar surface area (TPSA) is 43.2 Å². The Bertz CT molecular complexity index is 666. The molecule has 1 saturated heterocycles. The molecule has 2 aliphatic rings. The Hall–Kier alpha value is -1.72. The molecule has 1 aliphatic carbocycles. The Morgan fingerprint density at radius 2 is 1.85 bits per heavy atom. The van der Waals surface area contributed by atoms with Crippen molar-refractivity contribution in [2.75, 3.05) is 19.6 Å². The number of benzene rings is 1. The van der Waals surface area contributed by atoms with Gasteiger partial charge in [0, 0.05) is 19.6 Å². The molecule has 0 N–H and O–H groups in total. The maximum absolute atomic E-state index is 5.78. The number of hydrogen-bond acceptors (Lipinski definition) is 4. The van der Waals surface area contributed by atoms with Crippen molar-refractivity contribution < 1.29 is 4.74 Å². The van der Waals surface area contributed by atoms with Crippen LogP contribution in [-0.2, 0) is 18.0 Å². The fraction of sp³-hybridized carbons (Fsp3) is 0.619. The van der Waals surface area contributed by atoms with Crippen LogP contribution in [0.3, 0.4) is 0 Å². The number of ether oxygens (including phenoxy) is 1. The van der Waals surface area contributed by atoms with Gasteiger partial charge in [-0.15, -0.1) is 5.10 Å². The van der Waals surface area contributed by atoms with Crippen LogP contribution in [0.25, 0.3) is 0 Å². The molecule has 2 fully saturated rings. The Morgan fingerprint density at radius 1 is 1.00 bits per heavy atom. The zero-order chi connectivity index (χ0) is 17.6. The van der Waals surface area contributed by atoms with Gasteiger partial charge in [-0.3, -0.25) is 0 Å². The van der Waals surface area contributed by atoms with E-state index in [4.69, 9.17) is 4.74 Å². The minimum Gasteiger partial charge on any atom is -0.370 e. The van der Waals surface area contributed by atoms with Gasteiger partial charge in [-0.05, 0) is 30.7 Å². The van der Waals surface area contributed by atoms with Crippen LogP contribution < -0.4 is 0 Å². The molecule has 26 heavy (non-hydrogen) atoms. The number of aromatic nitrogens is 3. The lowest BCUT2D eigenvalue weighted by atomic mass is 9.89. The van der Waals surface area contributed by atoms with E-state index in [1.165, 1.54) is 57.2 Å². The molecule has 1 unspecified atom stereocenters. The van der Waals surface area contributed by atoms with Gasteiger partial charge in [0.1, 0.15) is 5.69 Å². The minimum absolute atomic E-state index is 0.467. The summed E-state index contributed by atoms with van der Waals surface area (Å²) in [7, 11) is 0. The number of likely N-dealkylation sites (tertiary alicyclic amines) is 1. The number of nitrogens with zero attached hydrogens (tertiary/aromatic N) is 4. The molecule has 0 radical (unpaired) electrons. The van der Waals surface area contributed by atoms with E-state index in [1.54, 1.807) is 0 Å². The van der Waals surface area contributed by atoms with E-state index < -0.39 is 0 Å². The summed E-state index contributed by atoms with van der Waals surface area (Å²) in [6, 6.07) is 10.7. The first kappa shape index (κ1) is 17.7. The standard InChI is InChI=1S/C21H30N4O/c1-3-7-18(8-4-1)13-24-12-11-21(15-24)25-14-20(22-23-25)17-26-16-19-9-5-2-6-10-19/h2,5-6,9-10,14,18,21H,1,3-4,7-8,11-13,15-17H2. The first-order chi connectivity index (χ1) is 12.9. The first-order valence-electron chi connectivity index (χ1n) is 10.1. The second kappa shape index (κ2) is 8.78. The summed E-state index contributed by atoms with van der Waals surface area (Å²) in [6.45, 7) is 4.73. The van der Waals surface area contributed by atoms with E-state index in [1.807, 2.05) is 18.2 Å². The second-order valence-electron chi connectivity index (χ2n) is 7.87. The predicted octanol–water partition coefficient (Wildman–Crippen LogP) is 3.82. The lowest BCUT2D eigenvalue weighted by Crippen LogP contribution is -2.29. The van der Waals surface area contributed by atoms with E-state index in [0.717, 1.165) is 18.2 Å². The third-order valence-electron chi connectivity index (χ3n) is 5.78. The van der Waals surface area contributed by atoms with Crippen LogP contribution in [-0.4, -0.2) is 39.5 Å². The molecule has 0 bridgehead atoms. The summed E-state index contributed by atoms with van der Waals surface area (Å²) >= 11 is 0. The monoisotopic (exact) mass is 354 g/mol. The minimum atomic E-state index is 0.467. The van der Waals surface area contributed by atoms with Crippen molar-refractivity contribution in [3.8, 4) is 0 Å². The second-order valence-corrected chi connectivity index (χ2v) is 7.87. The van der Waals surface area contributed by atoms with Crippen molar-refractivity contribution >= 4 is 0 Å². The van der Waals surface area contributed by atoms with E-state index in [-0.39, 0.29) is 0 Å². The van der Waals surface area contributed by atoms with Crippen LogP contribution in [0.5, 0.6) is 0 Å². The van der Waals surface area contributed by atoms with Crippen molar-refractivity contribution in [3.63, 3.8) is 0 Å². The lowest BCUT2D eigenvalue weighted by Gasteiger charge is -2.26. The summed E-state index contributed by atoms with van der Waals surface area (Å²) in [5.74, 6) is 0.917. The average Bonchev–Trinajstić information content (AvgIpc) is 3.33. The fourth-order valence-electron chi connectivity index (χ4n) is 4.33. The molecule has 2 aromatic rings. The molecular formula is C21H30N4O. The van der Waals surface area contributed by atoms with Crippen molar-refractivity contribution in [2.45, 2.75) is 57.8 Å². The Morgan fingerprint density at radius 3 is 2.69 bits per heavy atom. The molecule has 140 valence electrons. The van der Waals surface area contributed by atoms with Gasteiger partial charge in [0.2, 0.25) is 0 Å². The Labute approximate surface area is 156 Å². The molecule has 2 heterocycles. The van der Waals surface area contributed by atoms with Gasteiger partial charge in [-0.1, -0.05) is 54.8 Å². The molecular weight excluding hydrogens is 324 g/mol. The third kappa shape index (κ3) is 4.71. The Balaban J connectivity index is 1.23. The van der Waals surface area contributed by atoms with Crippen LogP contribution in [0.2, 0.25) is 0 Å². The highest BCUT2D eigenvalue weighted by molar-refractivity contribution is 5.13. The van der Waals surface area contributed by atoms with Gasteiger partial charge in [0.25, 0.3) is 0 Å². The maximum atomic E-state index is 5.78. The fourth-order valence-corrected chi connectivity index (χ4v) is 4.33. The summed E-state index contributed by atoms with van der Waals surface area (Å²) in [5, 5.41) is 8.67. The van der Waals surface area contributed by atoms with Gasteiger partial charge in [-0.2, -0.15) is 0 Å². The van der Waals surface area contributed by atoms with Crippen LogP contribution in [0.4, 0.5) is 0 Å². The van der Waals surface area contributed by atoms with Crippen molar-refractivity contribution in [1.29, 1.82) is 0 Å². The van der Waals surface area contributed by atoms with Crippen LogP contribution in [0, 0.1) is 5.92 Å². The lowest BCUT2D eigenvalue weighted by molar-refractivity contribution is 0.104. The van der Waals surface area contributed by atoms with Gasteiger partial charge < -0.3 is 9.64 Å². The van der Waals surface area contributed by atoms with Crippen molar-refractivity contribution in [1.82, 2.24) is 19.9 Å². The average molecular weight is 354 g/mol. The first-order valence-corrected chi connectivity index (χ1v) is 10.1. The highest BCUT2D eigenvalue weighted by atomic mass is 16.5. The molecule has 1 aromatic heterocycles. The van der Waals surface area contributed by atoms with Gasteiger partial charge in [0.15, 0.2) is 0 Å². The van der Waals surface area contributed by atoms with Crippen molar-refractivity contribution in [2.24, 2.45) is 5.92 Å². The zero-order valence-corrected chi connectivity index (χ0v) is 15.6. The van der Waals surface area contributed by atoms with Gasteiger partial charge >= 0.3 is 0 Å². The van der Waals surface area contributed by atoms with E-state index in [9.17, 15) is 0 Å². The molecule has 1 atom stereocenters. The van der Waals surface area contributed by atoms with E-state index in [0.29, 0.717) is 19.3 Å². The van der Waals surface area contributed by atoms with Crippen LogP contribution in [0.15, 0.2) is 36.5 Å². The van der Waals surface area contributed by atoms with Crippen molar-refractivity contribution in [3.05, 3.63) is 47.8 Å². The van der Waals surface area contributed by atoms with Gasteiger partial charge in [-0.25, -0.2) is 4.68 Å². The molecule has 0 amide bonds. The largest absolute Gasteiger partial charge is 0.370 e. The summed E-state index contributed by atoms with van der Waals surface area (Å²) < 4.78 is 7.83. The highest BCUT2D eigenvalue weighted by Gasteiger charge is 2.27. The molecule has 1 aliphatic heterocycles. The summed E-state index contributed by atoms with van der Waals surface area (Å²) in [5.41, 5.74) is 2.11. The van der Waals surface area contributed by atoms with E-state index in [2.05, 4.69) is 38.2 Å². The Kier molecular flexibility index (Phi) is 5.97. The van der Waals surface area contributed by atoms with Crippen LogP contribution in [0.1, 0.15) is 55.8 Å². The normalized spacial score (nSPS) is 22.1. The molecule has 5 nitrogen and oxygen atoms in total. The highest BCUT2D eigenvalue weighted by Crippen LogP contribution is 2.28. The molecule has 0 spiro atoms. The number of hydrogen-bond donors (Lipinski definition) is 0. The van der Waals surface area contributed by atoms with E-state index >= 15 is 0 Å². The predicted molar refractivity (Wildman–Crippen MR) is 102 cm³/mol. The SMILES string of the molecule is c1ccc(COCc2cn(C3CCN(CC4CCCCC4)C3)nn2)cc1. The molecule has 5 heteroatoms. The zero-order valence-electron chi connectivity index (χ0n) is 15.6. The summed E-state index contributed by atoms with van der Waals surface area (Å²) in [6.07, 6.45) is 10.4. The smallest absolute Gasteiger partial charge is 0.108 e. The summed E-state index contributed by atoms with van der Waals surface area (Å²) in [4.78, 5) is 2.63.